The van der Waals surface area contributed by atoms with E-state index in [0.717, 1.165) is 34.6 Å². The summed E-state index contributed by atoms with van der Waals surface area (Å²) in [6, 6.07) is 17.9. The summed E-state index contributed by atoms with van der Waals surface area (Å²) < 4.78 is 7.34. The van der Waals surface area contributed by atoms with E-state index < -0.39 is 17.9 Å². The van der Waals surface area contributed by atoms with Crippen LogP contribution in [-0.2, 0) is 14.3 Å². The molecule has 2 heterocycles. The van der Waals surface area contributed by atoms with Crippen LogP contribution in [0, 0.1) is 5.92 Å². The zero-order valence-corrected chi connectivity index (χ0v) is 19.3. The molecule has 4 aromatic rings. The van der Waals surface area contributed by atoms with Gasteiger partial charge in [-0.25, -0.2) is 4.98 Å². The Balaban J connectivity index is 1.86. The Morgan fingerprint density at radius 3 is 2.62 bits per heavy atom. The Morgan fingerprint density at radius 1 is 1.06 bits per heavy atom. The maximum absolute atomic E-state index is 13.9. The average Bonchev–Trinajstić information content (AvgIpc) is 3.22. The van der Waals surface area contributed by atoms with E-state index >= 15 is 0 Å². The fraction of sp³-hybridized carbons (Fsp3) is 0.296. The van der Waals surface area contributed by atoms with Gasteiger partial charge in [-0.2, -0.15) is 0 Å². The van der Waals surface area contributed by atoms with Gasteiger partial charge in [-0.3, -0.25) is 14.5 Å². The van der Waals surface area contributed by atoms with Gasteiger partial charge in [0, 0.05) is 12.1 Å². The molecule has 0 bridgehead atoms. The largest absolute Gasteiger partial charge is 0.508 e. The number of para-hydroxylation sites is 2. The van der Waals surface area contributed by atoms with E-state index in [4.69, 9.17) is 9.72 Å². The van der Waals surface area contributed by atoms with E-state index in [1.54, 1.807) is 17.9 Å². The highest BCUT2D eigenvalue weighted by Crippen LogP contribution is 2.46. The molecule has 0 saturated carbocycles. The second kappa shape index (κ2) is 8.82. The van der Waals surface area contributed by atoms with E-state index in [-0.39, 0.29) is 18.3 Å². The van der Waals surface area contributed by atoms with Crippen molar-refractivity contribution in [3.8, 4) is 5.75 Å². The second-order valence-electron chi connectivity index (χ2n) is 8.51. The first-order valence-electron chi connectivity index (χ1n) is 11.7. The molecule has 1 N–H and O–H groups in total. The second-order valence-corrected chi connectivity index (χ2v) is 8.51. The Labute approximate surface area is 197 Å². The fourth-order valence-corrected chi connectivity index (χ4v) is 4.93. The van der Waals surface area contributed by atoms with Crippen molar-refractivity contribution in [1.29, 1.82) is 0 Å². The van der Waals surface area contributed by atoms with Crippen LogP contribution in [0.5, 0.6) is 5.75 Å². The van der Waals surface area contributed by atoms with Crippen molar-refractivity contribution in [2.45, 2.75) is 32.7 Å². The third-order valence-corrected chi connectivity index (χ3v) is 6.46. The molecule has 7 nitrogen and oxygen atoms in total. The lowest BCUT2D eigenvalue weighted by Crippen LogP contribution is -2.50. The van der Waals surface area contributed by atoms with Crippen LogP contribution < -0.4 is 4.90 Å². The number of carbonyl (C=O) groups excluding carboxylic acids is 2. The summed E-state index contributed by atoms with van der Waals surface area (Å²) in [4.78, 5) is 33.6. The number of hydrogen-bond donors (Lipinski definition) is 1. The highest BCUT2D eigenvalue weighted by Gasteiger charge is 2.48. The summed E-state index contributed by atoms with van der Waals surface area (Å²) in [5.41, 5.74) is 2.03. The van der Waals surface area contributed by atoms with Gasteiger partial charge in [-0.1, -0.05) is 55.8 Å². The molecule has 34 heavy (non-hydrogen) atoms. The van der Waals surface area contributed by atoms with Crippen LogP contribution in [0.1, 0.15) is 38.3 Å². The van der Waals surface area contributed by atoms with Crippen LogP contribution in [0.2, 0.25) is 0 Å². The third-order valence-electron chi connectivity index (χ3n) is 6.46. The van der Waals surface area contributed by atoms with Crippen molar-refractivity contribution in [3.63, 3.8) is 0 Å². The Kier molecular flexibility index (Phi) is 5.69. The predicted octanol–water partition coefficient (Wildman–Crippen LogP) is 4.81. The van der Waals surface area contributed by atoms with E-state index in [0.29, 0.717) is 18.1 Å². The molecular weight excluding hydrogens is 430 g/mol. The summed E-state index contributed by atoms with van der Waals surface area (Å²) in [6.45, 7) is 4.38. The van der Waals surface area contributed by atoms with E-state index in [1.807, 2.05) is 59.2 Å². The molecule has 1 aliphatic rings. The first-order valence-corrected chi connectivity index (χ1v) is 11.7. The molecule has 0 aliphatic carbocycles. The predicted molar refractivity (Wildman–Crippen MR) is 131 cm³/mol. The fourth-order valence-electron chi connectivity index (χ4n) is 4.93. The van der Waals surface area contributed by atoms with Crippen LogP contribution in [0.15, 0.2) is 60.7 Å². The maximum Gasteiger partial charge on any atom is 0.321 e. The molecule has 2 atom stereocenters. The van der Waals surface area contributed by atoms with E-state index in [9.17, 15) is 14.7 Å². The average molecular weight is 458 g/mol. The number of ether oxygens (including phenoxy) is 1. The van der Waals surface area contributed by atoms with Crippen LogP contribution in [-0.4, -0.2) is 39.7 Å². The number of phenols is 1. The van der Waals surface area contributed by atoms with Crippen LogP contribution in [0.25, 0.3) is 21.8 Å². The first kappa shape index (κ1) is 21.9. The number of esters is 1. The lowest BCUT2D eigenvalue weighted by molar-refractivity contribution is -0.153. The summed E-state index contributed by atoms with van der Waals surface area (Å²) in [5, 5.41) is 12.8. The molecule has 1 aromatic heterocycles. The standard InChI is InChI=1S/C27H27N3O4/c1-3-5-16-29-25(32)23(26(33)34-4-2)24(30-20-13-9-8-12-19(20)28-27(29)30)22-18-11-7-6-10-17(18)14-15-21(22)31/h6-15,23-24,31H,3-5,16H2,1-2H3. The summed E-state index contributed by atoms with van der Waals surface area (Å²) in [5.74, 6) is -1.60. The van der Waals surface area contributed by atoms with Gasteiger partial charge in [-0.05, 0) is 42.3 Å². The minimum absolute atomic E-state index is 0.0246. The van der Waals surface area contributed by atoms with Crippen molar-refractivity contribution < 1.29 is 19.4 Å². The number of rotatable bonds is 6. The molecule has 0 radical (unpaired) electrons. The third kappa shape index (κ3) is 3.39. The van der Waals surface area contributed by atoms with Gasteiger partial charge in [0.15, 0.2) is 5.92 Å². The quantitative estimate of drug-likeness (QED) is 0.332. The van der Waals surface area contributed by atoms with Crippen LogP contribution >= 0.6 is 0 Å². The molecule has 1 amide bonds. The minimum atomic E-state index is -1.15. The number of aromatic hydroxyl groups is 1. The monoisotopic (exact) mass is 457 g/mol. The number of amides is 1. The van der Waals surface area contributed by atoms with Gasteiger partial charge in [0.05, 0.1) is 23.7 Å². The summed E-state index contributed by atoms with van der Waals surface area (Å²) >= 11 is 0. The summed E-state index contributed by atoms with van der Waals surface area (Å²) in [7, 11) is 0. The van der Waals surface area contributed by atoms with Crippen molar-refractivity contribution in [3.05, 3.63) is 66.2 Å². The van der Waals surface area contributed by atoms with Crippen molar-refractivity contribution in [2.24, 2.45) is 5.92 Å². The van der Waals surface area contributed by atoms with Crippen molar-refractivity contribution in [1.82, 2.24) is 9.55 Å². The lowest BCUT2D eigenvalue weighted by Gasteiger charge is -2.38. The number of nitrogens with zero attached hydrogens (tertiary/aromatic N) is 3. The number of unbranched alkanes of at least 4 members (excludes halogenated alkanes) is 1. The Morgan fingerprint density at radius 2 is 1.82 bits per heavy atom. The molecule has 0 saturated heterocycles. The number of fused-ring (bicyclic) bond motifs is 4. The molecule has 5 rings (SSSR count). The van der Waals surface area contributed by atoms with Gasteiger partial charge in [0.1, 0.15) is 5.75 Å². The maximum atomic E-state index is 13.9. The topological polar surface area (TPSA) is 84.7 Å². The number of benzene rings is 3. The van der Waals surface area contributed by atoms with Crippen molar-refractivity contribution >= 4 is 39.6 Å². The van der Waals surface area contributed by atoms with E-state index in [2.05, 4.69) is 6.92 Å². The molecule has 2 unspecified atom stereocenters. The Bertz CT molecular complexity index is 1390. The highest BCUT2D eigenvalue weighted by molar-refractivity contribution is 6.09. The Hall–Kier alpha value is -3.87. The normalized spacial score (nSPS) is 17.8. The molecule has 0 spiro atoms. The first-order chi connectivity index (χ1) is 16.6. The van der Waals surface area contributed by atoms with E-state index in [1.165, 1.54) is 0 Å². The van der Waals surface area contributed by atoms with Gasteiger partial charge in [0.25, 0.3) is 0 Å². The zero-order valence-electron chi connectivity index (χ0n) is 19.3. The molecule has 1 aliphatic heterocycles. The number of carbonyl (C=O) groups is 2. The molecule has 0 fully saturated rings. The molecule has 7 heteroatoms. The smallest absolute Gasteiger partial charge is 0.321 e. The number of aromatic nitrogens is 2. The van der Waals surface area contributed by atoms with Gasteiger partial charge in [-0.15, -0.1) is 0 Å². The number of phenolic OH excluding ortho intramolecular Hbond substituents is 1. The van der Waals surface area contributed by atoms with Gasteiger partial charge in [0.2, 0.25) is 11.9 Å². The number of imidazole rings is 1. The van der Waals surface area contributed by atoms with Crippen LogP contribution in [0.3, 0.4) is 0 Å². The number of hydrogen-bond acceptors (Lipinski definition) is 5. The van der Waals surface area contributed by atoms with Crippen LogP contribution in [0.4, 0.5) is 5.95 Å². The van der Waals surface area contributed by atoms with Crippen molar-refractivity contribution in [2.75, 3.05) is 18.1 Å². The number of anilines is 1. The highest BCUT2D eigenvalue weighted by atomic mass is 16.5. The minimum Gasteiger partial charge on any atom is -0.508 e. The molecular formula is C27H27N3O4. The summed E-state index contributed by atoms with van der Waals surface area (Å²) in [6.07, 6.45) is 1.66. The molecule has 174 valence electrons. The van der Waals surface area contributed by atoms with Gasteiger partial charge >= 0.3 is 5.97 Å². The van der Waals surface area contributed by atoms with Gasteiger partial charge < -0.3 is 14.4 Å². The molecule has 3 aromatic carbocycles. The zero-order chi connectivity index (χ0) is 23.8. The lowest BCUT2D eigenvalue weighted by atomic mass is 9.86. The SMILES string of the molecule is CCCCN1C(=O)C(C(=O)OCC)C(c2c(O)ccc3ccccc23)n2c1nc1ccccc12.